The highest BCUT2D eigenvalue weighted by atomic mass is 32.2. The number of fused-ring (bicyclic) bond motifs is 1. The normalized spacial score (nSPS) is 11.2. The van der Waals surface area contributed by atoms with Crippen LogP contribution >= 0.6 is 11.8 Å². The van der Waals surface area contributed by atoms with Crippen molar-refractivity contribution in [1.29, 1.82) is 0 Å². The van der Waals surface area contributed by atoms with E-state index >= 15 is 0 Å². The van der Waals surface area contributed by atoms with Gasteiger partial charge in [-0.3, -0.25) is 0 Å². The molecule has 0 fully saturated rings. The van der Waals surface area contributed by atoms with Gasteiger partial charge in [-0.25, -0.2) is 9.37 Å². The Morgan fingerprint density at radius 2 is 1.91 bits per heavy atom. The van der Waals surface area contributed by atoms with Crippen LogP contribution in [0.25, 0.3) is 11.0 Å². The molecule has 0 radical (unpaired) electrons. The molecule has 3 aromatic rings. The molecule has 0 spiro atoms. The van der Waals surface area contributed by atoms with Crippen molar-refractivity contribution < 1.29 is 9.13 Å². The molecular formula is C17H17FN2OS. The highest BCUT2D eigenvalue weighted by Crippen LogP contribution is 2.26. The van der Waals surface area contributed by atoms with Crippen LogP contribution in [0, 0.1) is 5.82 Å². The molecule has 0 aliphatic heterocycles. The zero-order valence-corrected chi connectivity index (χ0v) is 13.1. The van der Waals surface area contributed by atoms with Gasteiger partial charge in [-0.05, 0) is 29.8 Å². The van der Waals surface area contributed by atoms with E-state index in [4.69, 9.17) is 9.72 Å². The van der Waals surface area contributed by atoms with E-state index in [1.807, 2.05) is 30.3 Å². The number of hydrogen-bond donors (Lipinski definition) is 0. The number of rotatable bonds is 6. The van der Waals surface area contributed by atoms with Crippen LogP contribution in [0.4, 0.5) is 4.39 Å². The Labute approximate surface area is 133 Å². The molecule has 0 bridgehead atoms. The SMILES string of the molecule is COCCn1c(SCc2ccc(F)cc2)nc2ccccc21. The second-order valence-electron chi connectivity index (χ2n) is 4.94. The van der Waals surface area contributed by atoms with Gasteiger partial charge in [0.25, 0.3) is 0 Å². The van der Waals surface area contributed by atoms with Crippen molar-refractivity contribution in [2.24, 2.45) is 0 Å². The predicted octanol–water partition coefficient (Wildman–Crippen LogP) is 4.11. The average Bonchev–Trinajstić information content (AvgIpc) is 2.90. The molecule has 3 nitrogen and oxygen atoms in total. The Kier molecular flexibility index (Phi) is 4.75. The molecule has 0 aliphatic rings. The van der Waals surface area contributed by atoms with Gasteiger partial charge in [0.15, 0.2) is 5.16 Å². The number of nitrogens with zero attached hydrogens (tertiary/aromatic N) is 2. The maximum atomic E-state index is 13.0. The molecule has 22 heavy (non-hydrogen) atoms. The topological polar surface area (TPSA) is 27.1 Å². The van der Waals surface area contributed by atoms with E-state index in [-0.39, 0.29) is 5.82 Å². The van der Waals surface area contributed by atoms with Gasteiger partial charge < -0.3 is 9.30 Å². The Hall–Kier alpha value is -1.85. The molecule has 1 aromatic heterocycles. The van der Waals surface area contributed by atoms with Crippen molar-refractivity contribution in [2.75, 3.05) is 13.7 Å². The van der Waals surface area contributed by atoms with Gasteiger partial charge in [-0.2, -0.15) is 0 Å². The van der Waals surface area contributed by atoms with Crippen molar-refractivity contribution in [3.8, 4) is 0 Å². The molecular weight excluding hydrogens is 299 g/mol. The van der Waals surface area contributed by atoms with Gasteiger partial charge >= 0.3 is 0 Å². The summed E-state index contributed by atoms with van der Waals surface area (Å²) in [5, 5.41) is 0.961. The van der Waals surface area contributed by atoms with Crippen molar-refractivity contribution in [2.45, 2.75) is 17.5 Å². The van der Waals surface area contributed by atoms with Crippen LogP contribution in [0.2, 0.25) is 0 Å². The van der Waals surface area contributed by atoms with Gasteiger partial charge in [0.05, 0.1) is 17.6 Å². The maximum Gasteiger partial charge on any atom is 0.169 e. The van der Waals surface area contributed by atoms with Crippen molar-refractivity contribution in [3.63, 3.8) is 0 Å². The summed E-state index contributed by atoms with van der Waals surface area (Å²) in [5.74, 6) is 0.553. The summed E-state index contributed by atoms with van der Waals surface area (Å²) in [6, 6.07) is 14.7. The highest BCUT2D eigenvalue weighted by Gasteiger charge is 2.10. The molecule has 0 atom stereocenters. The van der Waals surface area contributed by atoms with Crippen LogP contribution in [0.15, 0.2) is 53.7 Å². The molecule has 2 aromatic carbocycles. The predicted molar refractivity (Wildman–Crippen MR) is 87.6 cm³/mol. The van der Waals surface area contributed by atoms with Gasteiger partial charge in [-0.15, -0.1) is 0 Å². The minimum absolute atomic E-state index is 0.207. The number of imidazole rings is 1. The molecule has 0 N–H and O–H groups in total. The van der Waals surface area contributed by atoms with Gasteiger partial charge in [-0.1, -0.05) is 36.0 Å². The minimum atomic E-state index is -0.207. The van der Waals surface area contributed by atoms with E-state index < -0.39 is 0 Å². The summed E-state index contributed by atoms with van der Waals surface area (Å²) in [6.45, 7) is 1.41. The zero-order valence-electron chi connectivity index (χ0n) is 12.3. The Balaban J connectivity index is 1.83. The standard InChI is InChI=1S/C17H17FN2OS/c1-21-11-10-20-16-5-3-2-4-15(16)19-17(20)22-12-13-6-8-14(18)9-7-13/h2-9H,10-12H2,1H3. The third-order valence-corrected chi connectivity index (χ3v) is 4.47. The number of ether oxygens (including phenoxy) is 1. The molecule has 0 saturated carbocycles. The summed E-state index contributed by atoms with van der Waals surface area (Å²) < 4.78 is 20.3. The molecule has 1 heterocycles. The quantitative estimate of drug-likeness (QED) is 0.640. The summed E-state index contributed by atoms with van der Waals surface area (Å²) in [4.78, 5) is 4.69. The van der Waals surface area contributed by atoms with Crippen LogP contribution in [0.3, 0.4) is 0 Å². The lowest BCUT2D eigenvalue weighted by atomic mass is 10.2. The minimum Gasteiger partial charge on any atom is -0.383 e. The molecule has 0 saturated heterocycles. The fourth-order valence-corrected chi connectivity index (χ4v) is 3.29. The van der Waals surface area contributed by atoms with E-state index in [0.717, 1.165) is 34.1 Å². The average molecular weight is 316 g/mol. The first-order valence-corrected chi connectivity index (χ1v) is 8.08. The second kappa shape index (κ2) is 6.94. The van der Waals surface area contributed by atoms with E-state index in [9.17, 15) is 4.39 Å². The van der Waals surface area contributed by atoms with Crippen LogP contribution < -0.4 is 0 Å². The van der Waals surface area contributed by atoms with Crippen molar-refractivity contribution >= 4 is 22.8 Å². The molecule has 0 unspecified atom stereocenters. The Bertz CT molecular complexity index is 755. The van der Waals surface area contributed by atoms with Crippen LogP contribution in [0.5, 0.6) is 0 Å². The monoisotopic (exact) mass is 316 g/mol. The number of aromatic nitrogens is 2. The third kappa shape index (κ3) is 3.31. The number of halogens is 1. The first kappa shape index (κ1) is 15.1. The summed E-state index contributed by atoms with van der Waals surface area (Å²) in [5.41, 5.74) is 3.18. The zero-order chi connectivity index (χ0) is 15.4. The third-order valence-electron chi connectivity index (χ3n) is 3.42. The lowest BCUT2D eigenvalue weighted by Gasteiger charge is -2.08. The van der Waals surface area contributed by atoms with E-state index in [0.29, 0.717) is 6.61 Å². The smallest absolute Gasteiger partial charge is 0.169 e. The maximum absolute atomic E-state index is 13.0. The number of hydrogen-bond acceptors (Lipinski definition) is 3. The fraction of sp³-hybridized carbons (Fsp3) is 0.235. The van der Waals surface area contributed by atoms with Crippen LogP contribution in [-0.2, 0) is 17.0 Å². The van der Waals surface area contributed by atoms with Gasteiger partial charge in [0, 0.05) is 19.4 Å². The lowest BCUT2D eigenvalue weighted by Crippen LogP contribution is -2.05. The Morgan fingerprint density at radius 1 is 1.14 bits per heavy atom. The number of para-hydroxylation sites is 2. The van der Waals surface area contributed by atoms with Crippen molar-refractivity contribution in [3.05, 3.63) is 59.9 Å². The molecule has 114 valence electrons. The number of methoxy groups -OCH3 is 1. The van der Waals surface area contributed by atoms with Crippen LogP contribution in [-0.4, -0.2) is 23.3 Å². The van der Waals surface area contributed by atoms with E-state index in [2.05, 4.69) is 10.6 Å². The number of thioether (sulfide) groups is 1. The Morgan fingerprint density at radius 3 is 2.68 bits per heavy atom. The first-order valence-electron chi connectivity index (χ1n) is 7.09. The van der Waals surface area contributed by atoms with Gasteiger partial charge in [0.1, 0.15) is 5.82 Å². The second-order valence-corrected chi connectivity index (χ2v) is 5.89. The summed E-state index contributed by atoms with van der Waals surface area (Å²) >= 11 is 1.66. The number of benzene rings is 2. The van der Waals surface area contributed by atoms with Crippen molar-refractivity contribution in [1.82, 2.24) is 9.55 Å². The van der Waals surface area contributed by atoms with E-state index in [1.165, 1.54) is 12.1 Å². The largest absolute Gasteiger partial charge is 0.383 e. The molecule has 3 rings (SSSR count). The first-order chi connectivity index (χ1) is 10.8. The molecule has 0 aliphatic carbocycles. The van der Waals surface area contributed by atoms with Crippen LogP contribution in [0.1, 0.15) is 5.56 Å². The molecule has 5 heteroatoms. The van der Waals surface area contributed by atoms with E-state index in [1.54, 1.807) is 18.9 Å². The fourth-order valence-electron chi connectivity index (χ4n) is 2.29. The highest BCUT2D eigenvalue weighted by molar-refractivity contribution is 7.98. The molecule has 0 amide bonds. The van der Waals surface area contributed by atoms with Gasteiger partial charge in [0.2, 0.25) is 0 Å². The summed E-state index contributed by atoms with van der Waals surface area (Å²) in [6.07, 6.45) is 0. The lowest BCUT2D eigenvalue weighted by molar-refractivity contribution is 0.186. The summed E-state index contributed by atoms with van der Waals surface area (Å²) in [7, 11) is 1.70.